The Bertz CT molecular complexity index is 1420. The molecular weight excluding hydrogens is 589 g/mol. The maximum absolute atomic E-state index is 13.1. The lowest BCUT2D eigenvalue weighted by Gasteiger charge is -2.32. The maximum Gasteiger partial charge on any atom is 0.511 e. The van der Waals surface area contributed by atoms with Gasteiger partial charge in [0.2, 0.25) is 6.79 Å². The summed E-state index contributed by atoms with van der Waals surface area (Å²) in [5.74, 6) is 1.15. The first-order chi connectivity index (χ1) is 17.0. The molecule has 36 heavy (non-hydrogen) atoms. The second-order valence-corrected chi connectivity index (χ2v) is 12.1. The van der Waals surface area contributed by atoms with Crippen LogP contribution in [0.25, 0.3) is 11.2 Å². The number of benzene rings is 1. The van der Waals surface area contributed by atoms with E-state index in [0.717, 1.165) is 9.37 Å². The Balaban J connectivity index is 1.41. The van der Waals surface area contributed by atoms with Crippen LogP contribution in [-0.2, 0) is 16.6 Å². The summed E-state index contributed by atoms with van der Waals surface area (Å²) in [5, 5.41) is 0.548. The van der Waals surface area contributed by atoms with E-state index in [1.54, 1.807) is 6.07 Å². The third kappa shape index (κ3) is 4.70. The van der Waals surface area contributed by atoms with Gasteiger partial charge in [-0.3, -0.25) is 0 Å². The number of ether oxygens (including phenoxy) is 2. The van der Waals surface area contributed by atoms with E-state index in [1.165, 1.54) is 18.1 Å². The number of rotatable bonds is 6. The fourth-order valence-electron chi connectivity index (χ4n) is 4.23. The van der Waals surface area contributed by atoms with Crippen LogP contribution >= 0.6 is 27.7 Å². The van der Waals surface area contributed by atoms with Crippen molar-refractivity contribution in [2.45, 2.75) is 41.4 Å². The van der Waals surface area contributed by atoms with E-state index in [2.05, 4.69) is 30.9 Å². The van der Waals surface area contributed by atoms with E-state index >= 15 is 0 Å². The molecule has 0 amide bonds. The topological polar surface area (TPSA) is 125 Å². The number of fused-ring (bicyclic) bond motifs is 2. The summed E-state index contributed by atoms with van der Waals surface area (Å²) in [6.07, 6.45) is 2.71. The van der Waals surface area contributed by atoms with Crippen molar-refractivity contribution < 1.29 is 31.1 Å². The van der Waals surface area contributed by atoms with E-state index in [0.29, 0.717) is 57.9 Å². The summed E-state index contributed by atoms with van der Waals surface area (Å²) in [6.45, 7) is 0.141. The average Bonchev–Trinajstić information content (AvgIpc) is 3.42. The lowest BCUT2D eigenvalue weighted by Crippen LogP contribution is -2.46. The molecule has 2 N–H and O–H groups in total. The zero-order valence-corrected chi connectivity index (χ0v) is 21.8. The molecule has 2 aliphatic rings. The molecule has 0 aliphatic carbocycles. The number of hydrogen-bond acceptors (Lipinski definition) is 9. The van der Waals surface area contributed by atoms with E-state index in [9.17, 15) is 21.6 Å². The summed E-state index contributed by atoms with van der Waals surface area (Å²) in [4.78, 5) is 13.7. The fraction of sp³-hybridized carbons (Fsp3) is 0.450. The Morgan fingerprint density at radius 2 is 1.97 bits per heavy atom. The molecule has 4 heterocycles. The van der Waals surface area contributed by atoms with E-state index in [4.69, 9.17) is 15.2 Å². The molecule has 0 bridgehead atoms. The lowest BCUT2D eigenvalue weighted by atomic mass is 9.96. The summed E-state index contributed by atoms with van der Waals surface area (Å²) in [6, 6.07) is 3.61. The lowest BCUT2D eigenvalue weighted by molar-refractivity contribution is -0.0499. The van der Waals surface area contributed by atoms with Gasteiger partial charge < -0.3 is 19.8 Å². The van der Waals surface area contributed by atoms with Gasteiger partial charge in [-0.1, -0.05) is 11.8 Å². The van der Waals surface area contributed by atoms with Gasteiger partial charge in [-0.25, -0.2) is 23.4 Å². The van der Waals surface area contributed by atoms with Crippen LogP contribution in [0.3, 0.4) is 0 Å². The van der Waals surface area contributed by atoms with Crippen LogP contribution in [-0.4, -0.2) is 57.6 Å². The molecule has 2 aromatic heterocycles. The number of piperidine rings is 1. The number of nitrogens with zero attached hydrogens (tertiary/aromatic N) is 5. The highest BCUT2D eigenvalue weighted by Crippen LogP contribution is 2.43. The van der Waals surface area contributed by atoms with Gasteiger partial charge >= 0.3 is 15.5 Å². The summed E-state index contributed by atoms with van der Waals surface area (Å²) < 4.78 is 76.9. The second-order valence-electron chi connectivity index (χ2n) is 8.32. The molecule has 194 valence electrons. The summed E-state index contributed by atoms with van der Waals surface area (Å²) in [7, 11) is -5.36. The van der Waals surface area contributed by atoms with Crippen molar-refractivity contribution in [2.75, 3.05) is 25.6 Å². The van der Waals surface area contributed by atoms with E-state index in [1.807, 2.05) is 10.6 Å². The van der Waals surface area contributed by atoms with Gasteiger partial charge in [0, 0.05) is 29.0 Å². The number of hydrogen-bond donors (Lipinski definition) is 1. The Morgan fingerprint density at radius 3 is 2.72 bits per heavy atom. The third-order valence-electron chi connectivity index (χ3n) is 6.03. The minimum atomic E-state index is -5.36. The first-order valence-corrected chi connectivity index (χ1v) is 13.9. The van der Waals surface area contributed by atoms with Crippen LogP contribution in [0.1, 0.15) is 19.3 Å². The van der Waals surface area contributed by atoms with Gasteiger partial charge in [-0.05, 0) is 53.2 Å². The molecule has 1 aromatic carbocycles. The minimum absolute atomic E-state index is 0.128. The molecule has 16 heteroatoms. The molecule has 0 spiro atoms. The molecule has 2 aliphatic heterocycles. The Labute approximate surface area is 216 Å². The van der Waals surface area contributed by atoms with Crippen molar-refractivity contribution in [3.8, 4) is 11.5 Å². The molecule has 1 saturated heterocycles. The predicted octanol–water partition coefficient (Wildman–Crippen LogP) is 4.00. The van der Waals surface area contributed by atoms with Crippen molar-refractivity contribution in [1.82, 2.24) is 23.8 Å². The number of halogens is 4. The number of aromatic nitrogens is 4. The average molecular weight is 609 g/mol. The highest BCUT2D eigenvalue weighted by Gasteiger charge is 2.50. The molecule has 5 rings (SSSR count). The predicted molar refractivity (Wildman–Crippen MR) is 128 cm³/mol. The van der Waals surface area contributed by atoms with Gasteiger partial charge in [0.25, 0.3) is 0 Å². The Kier molecular flexibility index (Phi) is 6.72. The van der Waals surface area contributed by atoms with E-state index < -0.39 is 15.5 Å². The largest absolute Gasteiger partial charge is 0.511 e. The van der Waals surface area contributed by atoms with Crippen molar-refractivity contribution in [3.63, 3.8) is 0 Å². The smallest absolute Gasteiger partial charge is 0.454 e. The van der Waals surface area contributed by atoms with E-state index in [-0.39, 0.29) is 31.6 Å². The highest BCUT2D eigenvalue weighted by molar-refractivity contribution is 9.10. The van der Waals surface area contributed by atoms with Gasteiger partial charge in [0.15, 0.2) is 33.6 Å². The first-order valence-electron chi connectivity index (χ1n) is 10.8. The molecule has 3 aromatic rings. The monoisotopic (exact) mass is 608 g/mol. The van der Waals surface area contributed by atoms with Crippen molar-refractivity contribution >= 4 is 54.7 Å². The number of anilines is 1. The summed E-state index contributed by atoms with van der Waals surface area (Å²) in [5.41, 5.74) is 1.59. The minimum Gasteiger partial charge on any atom is -0.454 e. The standard InChI is InChI=1S/C20H20BrF3N6O4S2/c21-12-6-13-14(34-10-33-13)7-15(12)35-19-28-16-17(25)26-9-27-18(16)30(19)5-3-11-2-1-4-29(8-11)36(31,32)20(22,23)24/h6-7,9,11H,1-5,8,10H2,(H2,25,26,27). The van der Waals surface area contributed by atoms with Crippen LogP contribution in [0, 0.1) is 5.92 Å². The fourth-order valence-corrected chi connectivity index (χ4v) is 6.81. The quantitative estimate of drug-likeness (QED) is 0.442. The Hall–Kier alpha value is -2.30. The van der Waals surface area contributed by atoms with Crippen LogP contribution in [0.2, 0.25) is 0 Å². The number of aryl methyl sites for hydroxylation is 1. The maximum atomic E-state index is 13.1. The van der Waals surface area contributed by atoms with Crippen LogP contribution in [0.4, 0.5) is 19.0 Å². The molecule has 0 radical (unpaired) electrons. The van der Waals surface area contributed by atoms with Crippen LogP contribution in [0.5, 0.6) is 11.5 Å². The molecule has 0 saturated carbocycles. The number of nitrogen functional groups attached to an aromatic ring is 1. The highest BCUT2D eigenvalue weighted by atomic mass is 79.9. The molecular formula is C20H20BrF3N6O4S2. The van der Waals surface area contributed by atoms with Crippen molar-refractivity contribution in [2.24, 2.45) is 5.92 Å². The van der Waals surface area contributed by atoms with Gasteiger partial charge in [-0.15, -0.1) is 0 Å². The number of sulfonamides is 1. The molecule has 10 nitrogen and oxygen atoms in total. The van der Waals surface area contributed by atoms with Crippen LogP contribution < -0.4 is 15.2 Å². The third-order valence-corrected chi connectivity index (χ3v) is 9.60. The van der Waals surface area contributed by atoms with Crippen LogP contribution in [0.15, 0.2) is 33.0 Å². The van der Waals surface area contributed by atoms with Gasteiger partial charge in [0.05, 0.1) is 0 Å². The normalized spacial score (nSPS) is 18.7. The van der Waals surface area contributed by atoms with Gasteiger partial charge in [0.1, 0.15) is 6.33 Å². The Morgan fingerprint density at radius 1 is 1.22 bits per heavy atom. The number of nitrogens with two attached hydrogens (primary N) is 1. The zero-order valence-electron chi connectivity index (χ0n) is 18.5. The number of imidazole rings is 1. The summed E-state index contributed by atoms with van der Waals surface area (Å²) >= 11 is 4.86. The van der Waals surface area contributed by atoms with Crippen molar-refractivity contribution in [3.05, 3.63) is 22.9 Å². The SMILES string of the molecule is Nc1ncnc2c1nc(Sc1cc3c(cc1Br)OCO3)n2CCC1CCCN(S(=O)(=O)C(F)(F)F)C1. The van der Waals surface area contributed by atoms with Crippen molar-refractivity contribution in [1.29, 1.82) is 0 Å². The molecule has 1 fully saturated rings. The first kappa shape index (κ1) is 25.4. The molecule has 1 atom stereocenters. The second kappa shape index (κ2) is 9.54. The molecule has 1 unspecified atom stereocenters. The van der Waals surface area contributed by atoms with Gasteiger partial charge in [-0.2, -0.15) is 17.5 Å². The zero-order chi connectivity index (χ0) is 25.7. The number of alkyl halides is 3.